The Balaban J connectivity index is 1.66. The Labute approximate surface area is 116 Å². The van der Waals surface area contributed by atoms with Crippen molar-refractivity contribution in [1.29, 1.82) is 0 Å². The molecule has 1 heterocycles. The summed E-state index contributed by atoms with van der Waals surface area (Å²) in [6.45, 7) is 3.28. The van der Waals surface area contributed by atoms with Gasteiger partial charge in [0.15, 0.2) is 4.34 Å². The van der Waals surface area contributed by atoms with Gasteiger partial charge in [-0.25, -0.2) is 4.98 Å². The zero-order valence-corrected chi connectivity index (χ0v) is 12.2. The minimum Gasteiger partial charge on any atom is -0.314 e. The average Bonchev–Trinajstić information content (AvgIpc) is 2.96. The molecule has 2 nitrogen and oxygen atoms in total. The second kappa shape index (κ2) is 5.59. The van der Waals surface area contributed by atoms with E-state index in [1.54, 1.807) is 0 Å². The van der Waals surface area contributed by atoms with Crippen molar-refractivity contribution in [2.24, 2.45) is 0 Å². The van der Waals surface area contributed by atoms with Crippen LogP contribution in [0.3, 0.4) is 0 Å². The van der Waals surface area contributed by atoms with Gasteiger partial charge in [-0.3, -0.25) is 0 Å². The van der Waals surface area contributed by atoms with Gasteiger partial charge in [0.1, 0.15) is 0 Å². The van der Waals surface area contributed by atoms with E-state index in [1.807, 2.05) is 23.1 Å². The first-order valence-electron chi connectivity index (χ1n) is 6.60. The number of fused-ring (bicyclic) bond motifs is 1. The van der Waals surface area contributed by atoms with Gasteiger partial charge in [0, 0.05) is 11.3 Å². The van der Waals surface area contributed by atoms with Crippen molar-refractivity contribution >= 4 is 33.3 Å². The minimum atomic E-state index is 0.724. The number of thiazole rings is 1. The molecule has 18 heavy (non-hydrogen) atoms. The van der Waals surface area contributed by atoms with Gasteiger partial charge in [-0.15, -0.1) is 11.3 Å². The predicted molar refractivity (Wildman–Crippen MR) is 80.6 cm³/mol. The molecule has 0 aliphatic heterocycles. The van der Waals surface area contributed by atoms with Crippen LogP contribution in [0.2, 0.25) is 0 Å². The Morgan fingerprint density at radius 1 is 1.39 bits per heavy atom. The molecule has 0 saturated heterocycles. The maximum Gasteiger partial charge on any atom is 0.151 e. The van der Waals surface area contributed by atoms with Crippen LogP contribution in [0.25, 0.3) is 10.2 Å². The van der Waals surface area contributed by atoms with E-state index in [-0.39, 0.29) is 0 Å². The second-order valence-electron chi connectivity index (χ2n) is 4.76. The molecule has 0 radical (unpaired) electrons. The minimum absolute atomic E-state index is 0.724. The highest BCUT2D eigenvalue weighted by molar-refractivity contribution is 8.01. The number of hydrogen-bond acceptors (Lipinski definition) is 4. The fourth-order valence-corrected chi connectivity index (χ4v) is 5.15. The van der Waals surface area contributed by atoms with Crippen molar-refractivity contribution in [2.45, 2.75) is 41.8 Å². The lowest BCUT2D eigenvalue weighted by Gasteiger charge is -2.10. The van der Waals surface area contributed by atoms with E-state index < -0.39 is 0 Å². The van der Waals surface area contributed by atoms with Crippen LogP contribution in [-0.2, 0) is 0 Å². The summed E-state index contributed by atoms with van der Waals surface area (Å²) >= 11 is 3.80. The summed E-state index contributed by atoms with van der Waals surface area (Å²) in [7, 11) is 0. The van der Waals surface area contributed by atoms with Crippen molar-refractivity contribution in [3.63, 3.8) is 0 Å². The van der Waals surface area contributed by atoms with Gasteiger partial charge in [0.25, 0.3) is 0 Å². The molecule has 3 rings (SSSR count). The Hall–Kier alpha value is -0.580. The van der Waals surface area contributed by atoms with Crippen molar-refractivity contribution in [3.8, 4) is 0 Å². The Morgan fingerprint density at radius 3 is 3.11 bits per heavy atom. The molecule has 4 heteroatoms. The summed E-state index contributed by atoms with van der Waals surface area (Å²) in [6.07, 6.45) is 3.92. The monoisotopic (exact) mass is 278 g/mol. The van der Waals surface area contributed by atoms with E-state index in [0.717, 1.165) is 23.4 Å². The summed E-state index contributed by atoms with van der Waals surface area (Å²) in [5, 5.41) is 4.30. The zero-order chi connectivity index (χ0) is 12.4. The summed E-state index contributed by atoms with van der Waals surface area (Å²) in [5.74, 6) is 0. The number of nitrogens with one attached hydrogen (secondary N) is 1. The molecule has 1 N–H and O–H groups in total. The first-order valence-corrected chi connectivity index (χ1v) is 8.30. The SMILES string of the molecule is CCNC1CCC(Sc2nc3ccccc3s2)C1. The second-order valence-corrected chi connectivity index (χ2v) is 7.33. The quantitative estimate of drug-likeness (QED) is 0.917. The van der Waals surface area contributed by atoms with Gasteiger partial charge in [0.05, 0.1) is 10.2 Å². The van der Waals surface area contributed by atoms with Crippen molar-refractivity contribution in [1.82, 2.24) is 10.3 Å². The maximum atomic E-state index is 4.71. The van der Waals surface area contributed by atoms with Crippen LogP contribution in [-0.4, -0.2) is 22.8 Å². The van der Waals surface area contributed by atoms with Crippen molar-refractivity contribution < 1.29 is 0 Å². The fourth-order valence-electron chi connectivity index (χ4n) is 2.57. The number of nitrogens with zero attached hydrogens (tertiary/aromatic N) is 1. The highest BCUT2D eigenvalue weighted by Crippen LogP contribution is 2.38. The van der Waals surface area contributed by atoms with Gasteiger partial charge < -0.3 is 5.32 Å². The van der Waals surface area contributed by atoms with E-state index in [2.05, 4.69) is 36.5 Å². The van der Waals surface area contributed by atoms with Crippen LogP contribution in [0.4, 0.5) is 0 Å². The number of benzene rings is 1. The molecular formula is C14H18N2S2. The summed E-state index contributed by atoms with van der Waals surface area (Å²) < 4.78 is 2.54. The van der Waals surface area contributed by atoms with Crippen LogP contribution in [0.1, 0.15) is 26.2 Å². The molecule has 1 aliphatic carbocycles. The molecule has 2 unspecified atom stereocenters. The summed E-state index contributed by atoms with van der Waals surface area (Å²) in [6, 6.07) is 9.14. The van der Waals surface area contributed by atoms with E-state index in [0.29, 0.717) is 0 Å². The van der Waals surface area contributed by atoms with E-state index in [1.165, 1.54) is 28.3 Å². The third kappa shape index (κ3) is 2.71. The van der Waals surface area contributed by atoms with E-state index in [9.17, 15) is 0 Å². The molecule has 0 spiro atoms. The first-order chi connectivity index (χ1) is 8.85. The fraction of sp³-hybridized carbons (Fsp3) is 0.500. The van der Waals surface area contributed by atoms with E-state index in [4.69, 9.17) is 4.98 Å². The van der Waals surface area contributed by atoms with Crippen LogP contribution < -0.4 is 5.32 Å². The molecule has 1 fully saturated rings. The van der Waals surface area contributed by atoms with Gasteiger partial charge >= 0.3 is 0 Å². The first kappa shape index (κ1) is 12.5. The summed E-state index contributed by atoms with van der Waals surface area (Å²) in [4.78, 5) is 4.71. The molecule has 1 aromatic heterocycles. The van der Waals surface area contributed by atoms with Crippen LogP contribution >= 0.6 is 23.1 Å². The molecule has 1 aromatic carbocycles. The van der Waals surface area contributed by atoms with Gasteiger partial charge in [-0.1, -0.05) is 30.8 Å². The Morgan fingerprint density at radius 2 is 2.28 bits per heavy atom. The normalized spacial score (nSPS) is 23.8. The van der Waals surface area contributed by atoms with Gasteiger partial charge in [0.2, 0.25) is 0 Å². The van der Waals surface area contributed by atoms with Crippen LogP contribution in [0.15, 0.2) is 28.6 Å². The highest BCUT2D eigenvalue weighted by Gasteiger charge is 2.25. The number of aromatic nitrogens is 1. The third-order valence-electron chi connectivity index (χ3n) is 3.42. The van der Waals surface area contributed by atoms with Crippen LogP contribution in [0.5, 0.6) is 0 Å². The molecule has 1 saturated carbocycles. The van der Waals surface area contributed by atoms with Crippen LogP contribution in [0, 0.1) is 0 Å². The number of para-hydroxylation sites is 1. The average molecular weight is 278 g/mol. The molecule has 1 aliphatic rings. The lowest BCUT2D eigenvalue weighted by Crippen LogP contribution is -2.25. The Bertz CT molecular complexity index is 490. The molecule has 0 amide bonds. The summed E-state index contributed by atoms with van der Waals surface area (Å²) in [5.41, 5.74) is 1.14. The van der Waals surface area contributed by atoms with Crippen molar-refractivity contribution in [2.75, 3.05) is 6.54 Å². The third-order valence-corrected chi connectivity index (χ3v) is 5.84. The van der Waals surface area contributed by atoms with Crippen molar-refractivity contribution in [3.05, 3.63) is 24.3 Å². The van der Waals surface area contributed by atoms with Gasteiger partial charge in [-0.2, -0.15) is 0 Å². The number of thioether (sulfide) groups is 1. The number of rotatable bonds is 4. The lowest BCUT2D eigenvalue weighted by molar-refractivity contribution is 0.543. The molecule has 2 aromatic rings. The van der Waals surface area contributed by atoms with E-state index >= 15 is 0 Å². The largest absolute Gasteiger partial charge is 0.314 e. The standard InChI is InChI=1S/C14H18N2S2/c1-2-15-10-7-8-11(9-10)17-14-16-12-5-3-4-6-13(12)18-14/h3-6,10-11,15H,2,7-9H2,1H3. The van der Waals surface area contributed by atoms with Gasteiger partial charge in [-0.05, 0) is 37.9 Å². The Kier molecular flexibility index (Phi) is 3.87. The lowest BCUT2D eigenvalue weighted by atomic mass is 10.2. The smallest absolute Gasteiger partial charge is 0.151 e. The highest BCUT2D eigenvalue weighted by atomic mass is 32.2. The number of hydrogen-bond donors (Lipinski definition) is 1. The molecule has 2 atom stereocenters. The predicted octanol–water partition coefficient (Wildman–Crippen LogP) is 3.92. The molecule has 96 valence electrons. The zero-order valence-electron chi connectivity index (χ0n) is 10.6. The topological polar surface area (TPSA) is 24.9 Å². The molecular weight excluding hydrogens is 260 g/mol. The molecule has 0 bridgehead atoms. The maximum absolute atomic E-state index is 4.71.